The van der Waals surface area contributed by atoms with Crippen molar-refractivity contribution in [2.75, 3.05) is 67.4 Å². The number of nitrogens with zero attached hydrogens (tertiary/aromatic N) is 6. The third-order valence-corrected chi connectivity index (χ3v) is 12.8. The van der Waals surface area contributed by atoms with Gasteiger partial charge in [0, 0.05) is 59.2 Å². The molecule has 6 heterocycles. The molecule has 3 aliphatic rings. The lowest BCUT2D eigenvalue weighted by Crippen LogP contribution is -2.50. The van der Waals surface area contributed by atoms with Crippen LogP contribution in [0, 0.1) is 12.3 Å². The highest BCUT2D eigenvalue weighted by molar-refractivity contribution is 7.99. The van der Waals surface area contributed by atoms with Crippen molar-refractivity contribution in [3.05, 3.63) is 70.8 Å². The topological polar surface area (TPSA) is 221 Å². The first-order chi connectivity index (χ1) is 29.0. The highest BCUT2D eigenvalue weighted by Gasteiger charge is 2.47. The van der Waals surface area contributed by atoms with Crippen LogP contribution in [0.4, 0.5) is 42.1 Å². The van der Waals surface area contributed by atoms with Crippen LogP contribution in [0.25, 0.3) is 10.9 Å². The quantitative estimate of drug-likeness (QED) is 0.0935. The monoisotopic (exact) mass is 883 g/mol. The first-order valence-corrected chi connectivity index (χ1v) is 20.9. The fourth-order valence-corrected chi connectivity index (χ4v) is 8.68. The van der Waals surface area contributed by atoms with E-state index in [1.54, 1.807) is 51.6 Å². The van der Waals surface area contributed by atoms with E-state index in [0.717, 1.165) is 61.8 Å². The molecule has 61 heavy (non-hydrogen) atoms. The second kappa shape index (κ2) is 18.1. The lowest BCUT2D eigenvalue weighted by atomic mass is 9.73. The van der Waals surface area contributed by atoms with Gasteiger partial charge in [0.2, 0.25) is 0 Å². The van der Waals surface area contributed by atoms with E-state index in [9.17, 15) is 13.2 Å². The summed E-state index contributed by atoms with van der Waals surface area (Å²) >= 11 is 7.53. The number of rotatable bonds is 9. The third kappa shape index (κ3) is 9.86. The molecule has 1 spiro atoms. The van der Waals surface area contributed by atoms with Gasteiger partial charge < -0.3 is 52.1 Å². The molecule has 4 unspecified atom stereocenters. The summed E-state index contributed by atoms with van der Waals surface area (Å²) in [5.74, 6) is 3.43. The Morgan fingerprint density at radius 1 is 1.03 bits per heavy atom. The number of hydrogen-bond acceptors (Lipinski definition) is 16. The minimum Gasteiger partial charge on any atom is -0.493 e. The lowest BCUT2D eigenvalue weighted by molar-refractivity contribution is -0.137. The summed E-state index contributed by atoms with van der Waals surface area (Å²) in [5.41, 5.74) is 24.4. The summed E-state index contributed by atoms with van der Waals surface area (Å²) in [5, 5.41) is 4.85. The number of nitrogens with two attached hydrogens (primary N) is 4. The molecule has 0 saturated carbocycles. The van der Waals surface area contributed by atoms with Gasteiger partial charge in [-0.05, 0) is 69.5 Å². The molecule has 3 fully saturated rings. The predicted octanol–water partition coefficient (Wildman–Crippen LogP) is 7.06. The number of fused-ring (bicyclic) bond motifs is 1. The zero-order valence-corrected chi connectivity index (χ0v) is 35.7. The molecular weight excluding hydrogens is 835 g/mol. The summed E-state index contributed by atoms with van der Waals surface area (Å²) in [4.78, 5) is 24.9. The molecule has 0 amide bonds. The fourth-order valence-electron chi connectivity index (χ4n) is 7.67. The van der Waals surface area contributed by atoms with Gasteiger partial charge in [0.05, 0.1) is 61.4 Å². The number of aromatic nitrogens is 5. The summed E-state index contributed by atoms with van der Waals surface area (Å²) in [7, 11) is 1.55. The van der Waals surface area contributed by atoms with E-state index < -0.39 is 17.8 Å². The van der Waals surface area contributed by atoms with E-state index in [-0.39, 0.29) is 35.2 Å². The van der Waals surface area contributed by atoms with E-state index in [1.807, 2.05) is 0 Å². The molecule has 326 valence electrons. The highest BCUT2D eigenvalue weighted by atomic mass is 35.5. The van der Waals surface area contributed by atoms with E-state index in [0.29, 0.717) is 68.7 Å². The van der Waals surface area contributed by atoms with Gasteiger partial charge >= 0.3 is 6.18 Å². The van der Waals surface area contributed by atoms with Gasteiger partial charge in [-0.3, -0.25) is 0 Å². The second-order valence-corrected chi connectivity index (χ2v) is 16.8. The summed E-state index contributed by atoms with van der Waals surface area (Å²) in [6.07, 6.45) is 1.61. The van der Waals surface area contributed by atoms with Crippen LogP contribution >= 0.6 is 23.4 Å². The van der Waals surface area contributed by atoms with Gasteiger partial charge in [-0.1, -0.05) is 23.4 Å². The number of alkyl halides is 3. The number of piperidine rings is 1. The Labute approximate surface area is 360 Å². The van der Waals surface area contributed by atoms with Gasteiger partial charge in [0.1, 0.15) is 34.4 Å². The molecule has 15 nitrogen and oxygen atoms in total. The van der Waals surface area contributed by atoms with E-state index in [1.165, 1.54) is 17.8 Å². The molecule has 2 aromatic carbocycles. The van der Waals surface area contributed by atoms with Crippen LogP contribution in [0.2, 0.25) is 5.02 Å². The Bertz CT molecular complexity index is 2370. The molecule has 0 bridgehead atoms. The Morgan fingerprint density at radius 2 is 1.80 bits per heavy atom. The van der Waals surface area contributed by atoms with E-state index >= 15 is 0 Å². The molecular formula is C41H49ClF3N11O4S. The number of anilines is 5. The van der Waals surface area contributed by atoms with Crippen molar-refractivity contribution in [1.29, 1.82) is 0 Å². The molecule has 3 aromatic heterocycles. The number of nitrogen functional groups attached to an aromatic ring is 3. The molecule has 9 N–H and O–H groups in total. The Balaban J connectivity index is 0.000000186. The van der Waals surface area contributed by atoms with Gasteiger partial charge in [-0.2, -0.15) is 13.2 Å². The van der Waals surface area contributed by atoms with Crippen LogP contribution in [0.5, 0.6) is 11.5 Å². The van der Waals surface area contributed by atoms with Crippen molar-refractivity contribution >= 4 is 63.2 Å². The summed E-state index contributed by atoms with van der Waals surface area (Å²) in [6.45, 7) is 9.12. The maximum atomic E-state index is 13.3. The van der Waals surface area contributed by atoms with E-state index in [4.69, 9.17) is 53.5 Å². The van der Waals surface area contributed by atoms with Crippen molar-refractivity contribution in [1.82, 2.24) is 24.9 Å². The Kier molecular flexibility index (Phi) is 13.1. The van der Waals surface area contributed by atoms with E-state index in [2.05, 4.69) is 42.1 Å². The number of benzene rings is 2. The second-order valence-electron chi connectivity index (χ2n) is 15.4. The van der Waals surface area contributed by atoms with Gasteiger partial charge in [-0.25, -0.2) is 24.9 Å². The smallest absolute Gasteiger partial charge is 0.416 e. The minimum absolute atomic E-state index is 0.0383. The summed E-state index contributed by atoms with van der Waals surface area (Å²) < 4.78 is 62.5. The van der Waals surface area contributed by atoms with Crippen molar-refractivity contribution in [3.8, 4) is 11.5 Å². The molecule has 3 aliphatic heterocycles. The number of nitrogens with one attached hydrogen (secondary N) is 1. The van der Waals surface area contributed by atoms with Crippen LogP contribution in [-0.4, -0.2) is 83.2 Å². The van der Waals surface area contributed by atoms with Crippen LogP contribution in [0.15, 0.2) is 58.7 Å². The molecule has 20 heteroatoms. The van der Waals surface area contributed by atoms with Gasteiger partial charge in [-0.15, -0.1) is 0 Å². The zero-order chi connectivity index (χ0) is 43.6. The maximum absolute atomic E-state index is 13.3. The number of hydrogen-bond donors (Lipinski definition) is 5. The molecule has 8 rings (SSSR count). The number of halogens is 4. The van der Waals surface area contributed by atoms with Gasteiger partial charge in [0.15, 0.2) is 17.3 Å². The van der Waals surface area contributed by atoms with Crippen molar-refractivity contribution < 1.29 is 32.1 Å². The average molecular weight is 884 g/mol. The average Bonchev–Trinajstić information content (AvgIpc) is 3.84. The number of pyridine rings is 1. The molecule has 4 atom stereocenters. The normalized spacial score (nSPS) is 20.3. The minimum atomic E-state index is -4.49. The molecule has 5 aromatic rings. The fraction of sp³-hybridized carbons (Fsp3) is 0.439. The lowest BCUT2D eigenvalue weighted by Gasteiger charge is -2.41. The Morgan fingerprint density at radius 3 is 2.46 bits per heavy atom. The third-order valence-electron chi connectivity index (χ3n) is 11.2. The van der Waals surface area contributed by atoms with Crippen molar-refractivity contribution in [2.24, 2.45) is 11.1 Å². The van der Waals surface area contributed by atoms with Crippen LogP contribution in [0.1, 0.15) is 56.1 Å². The van der Waals surface area contributed by atoms with Crippen LogP contribution in [0.3, 0.4) is 0 Å². The Hall–Kier alpha value is -5.08. The molecule has 3 saturated heterocycles. The maximum Gasteiger partial charge on any atom is 0.416 e. The standard InChI is InChI=1S/C23H25F3N4O3.C18H24ClN7OS/c1-12(14-6-15(23(24,25)26)8-16(27)7-14)28-22-18-9-21(33-17-4-5-32-11-17)20(31-3)10-19(18)29-13(2)30-22;1-10-14(20)18(9-27-10)3-6-26(7-4-18)12-8-24-17(16(22)25-12)28-11-2-5-23-15(21)13(11)19/h6-10,12,17H,4-5,11,27H2,1-3H3,(H,28,29,30);2,5,8,10,14H,3-4,6-7,9,20H2,1H3,(H2,21,23)(H2,22,25). The largest absolute Gasteiger partial charge is 0.493 e. The first kappa shape index (κ1) is 44.0. The van der Waals surface area contributed by atoms with Crippen molar-refractivity contribution in [3.63, 3.8) is 0 Å². The van der Waals surface area contributed by atoms with Crippen LogP contribution < -0.4 is 42.6 Å². The number of aryl methyl sites for hydroxylation is 1. The molecule has 0 radical (unpaired) electrons. The predicted molar refractivity (Wildman–Crippen MR) is 230 cm³/mol. The first-order valence-electron chi connectivity index (χ1n) is 19.7. The SMILES string of the molecule is CC1OCC2(CCN(c3cnc(Sc4ccnc(N)c4Cl)c(N)n3)CC2)C1N.COc1cc2nc(C)nc(NC(C)c3cc(N)cc(C(F)(F)F)c3)c2cc1OC1CCOC1. The van der Waals surface area contributed by atoms with Crippen molar-refractivity contribution in [2.45, 2.75) is 80.4 Å². The van der Waals surface area contributed by atoms with Crippen LogP contribution in [-0.2, 0) is 15.7 Å². The highest BCUT2D eigenvalue weighted by Crippen LogP contribution is 2.43. The molecule has 0 aliphatic carbocycles. The number of ether oxygens (including phenoxy) is 4. The number of methoxy groups -OCH3 is 1. The van der Waals surface area contributed by atoms with Gasteiger partial charge in [0.25, 0.3) is 0 Å². The summed E-state index contributed by atoms with van der Waals surface area (Å²) in [6, 6.07) is 8.40. The zero-order valence-electron chi connectivity index (χ0n) is 34.1.